The third-order valence-corrected chi connectivity index (χ3v) is 3.05. The summed E-state index contributed by atoms with van der Waals surface area (Å²) >= 11 is 0. The molecule has 0 atom stereocenters. The number of carbonyl (C=O) groups is 1. The lowest BCUT2D eigenvalue weighted by Crippen LogP contribution is -2.32. The third kappa shape index (κ3) is 2.96. The van der Waals surface area contributed by atoms with Gasteiger partial charge in [-0.3, -0.25) is 4.79 Å². The van der Waals surface area contributed by atoms with Crippen LogP contribution in [-0.4, -0.2) is 36.0 Å². The first-order valence-electron chi connectivity index (χ1n) is 6.11. The van der Waals surface area contributed by atoms with E-state index in [1.54, 1.807) is 25.3 Å². The van der Waals surface area contributed by atoms with Crippen LogP contribution in [0.1, 0.15) is 36.2 Å². The van der Waals surface area contributed by atoms with Gasteiger partial charge in [-0.1, -0.05) is 18.9 Å². The molecule has 0 spiro atoms. The third-order valence-electron chi connectivity index (χ3n) is 3.05. The van der Waals surface area contributed by atoms with Crippen LogP contribution >= 0.6 is 0 Å². The van der Waals surface area contributed by atoms with Crippen molar-refractivity contribution in [3.63, 3.8) is 0 Å². The number of amides is 1. The van der Waals surface area contributed by atoms with Gasteiger partial charge in [-0.2, -0.15) is 0 Å². The monoisotopic (exact) mass is 234 g/mol. The van der Waals surface area contributed by atoms with E-state index in [1.807, 2.05) is 4.90 Å². The smallest absolute Gasteiger partial charge is 0.272 e. The van der Waals surface area contributed by atoms with Gasteiger partial charge in [0.1, 0.15) is 5.69 Å². The van der Waals surface area contributed by atoms with Gasteiger partial charge in [-0.05, 0) is 18.9 Å². The van der Waals surface area contributed by atoms with Crippen LogP contribution < -0.4 is 4.74 Å². The molecular weight excluding hydrogens is 216 g/mol. The van der Waals surface area contributed by atoms with Crippen molar-refractivity contribution in [3.05, 3.63) is 23.9 Å². The molecule has 0 bridgehead atoms. The van der Waals surface area contributed by atoms with Crippen molar-refractivity contribution in [1.82, 2.24) is 9.88 Å². The molecule has 1 fully saturated rings. The maximum absolute atomic E-state index is 12.2. The number of ether oxygens (including phenoxy) is 1. The molecule has 1 amide bonds. The van der Waals surface area contributed by atoms with Gasteiger partial charge in [0, 0.05) is 19.2 Å². The van der Waals surface area contributed by atoms with Crippen LogP contribution in [-0.2, 0) is 0 Å². The lowest BCUT2D eigenvalue weighted by Gasteiger charge is -2.19. The second kappa shape index (κ2) is 5.66. The minimum Gasteiger partial charge on any atom is -0.481 e. The first-order valence-corrected chi connectivity index (χ1v) is 6.11. The number of carbonyl (C=O) groups excluding carboxylic acids is 1. The highest BCUT2D eigenvalue weighted by atomic mass is 16.5. The summed E-state index contributed by atoms with van der Waals surface area (Å²) in [6, 6.07) is 5.30. The van der Waals surface area contributed by atoms with Crippen molar-refractivity contribution in [1.29, 1.82) is 0 Å². The Morgan fingerprint density at radius 2 is 1.94 bits per heavy atom. The summed E-state index contributed by atoms with van der Waals surface area (Å²) in [6.45, 7) is 1.69. The van der Waals surface area contributed by atoms with E-state index in [0.717, 1.165) is 25.9 Å². The van der Waals surface area contributed by atoms with Crippen molar-refractivity contribution in [2.45, 2.75) is 25.7 Å². The SMILES string of the molecule is COc1cccc(C(=O)N2CCCCCC2)n1. The maximum atomic E-state index is 12.2. The second-order valence-electron chi connectivity index (χ2n) is 4.27. The summed E-state index contributed by atoms with van der Waals surface area (Å²) in [4.78, 5) is 18.3. The van der Waals surface area contributed by atoms with E-state index in [9.17, 15) is 4.79 Å². The Morgan fingerprint density at radius 3 is 2.59 bits per heavy atom. The van der Waals surface area contributed by atoms with E-state index in [1.165, 1.54) is 12.8 Å². The Hall–Kier alpha value is -1.58. The summed E-state index contributed by atoms with van der Waals surface area (Å²) in [7, 11) is 1.56. The van der Waals surface area contributed by atoms with Crippen LogP contribution in [0, 0.1) is 0 Å². The molecule has 0 N–H and O–H groups in total. The first-order chi connectivity index (χ1) is 8.31. The van der Waals surface area contributed by atoms with Crippen LogP contribution in [0.15, 0.2) is 18.2 Å². The Labute approximate surface area is 102 Å². The molecule has 17 heavy (non-hydrogen) atoms. The largest absolute Gasteiger partial charge is 0.481 e. The number of aromatic nitrogens is 1. The Kier molecular flexibility index (Phi) is 3.96. The predicted octanol–water partition coefficient (Wildman–Crippen LogP) is 2.11. The van der Waals surface area contributed by atoms with E-state index in [0.29, 0.717) is 11.6 Å². The fraction of sp³-hybridized carbons (Fsp3) is 0.538. The normalized spacial score (nSPS) is 16.4. The average Bonchev–Trinajstić information content (AvgIpc) is 2.67. The molecular formula is C13H18N2O2. The topological polar surface area (TPSA) is 42.4 Å². The molecule has 1 aliphatic rings. The van der Waals surface area contributed by atoms with Crippen molar-refractivity contribution in [2.75, 3.05) is 20.2 Å². The molecule has 92 valence electrons. The number of rotatable bonds is 2. The zero-order valence-electron chi connectivity index (χ0n) is 10.2. The van der Waals surface area contributed by atoms with Crippen LogP contribution in [0.2, 0.25) is 0 Å². The van der Waals surface area contributed by atoms with Gasteiger partial charge >= 0.3 is 0 Å². The number of hydrogen-bond acceptors (Lipinski definition) is 3. The molecule has 1 aliphatic heterocycles. The van der Waals surface area contributed by atoms with Crippen LogP contribution in [0.3, 0.4) is 0 Å². The van der Waals surface area contributed by atoms with E-state index in [4.69, 9.17) is 4.74 Å². The van der Waals surface area contributed by atoms with Gasteiger partial charge in [-0.25, -0.2) is 4.98 Å². The highest BCUT2D eigenvalue weighted by Gasteiger charge is 2.18. The number of likely N-dealkylation sites (tertiary alicyclic amines) is 1. The molecule has 4 nitrogen and oxygen atoms in total. The molecule has 0 unspecified atom stereocenters. The molecule has 2 rings (SSSR count). The summed E-state index contributed by atoms with van der Waals surface area (Å²) in [5.74, 6) is 0.511. The minimum atomic E-state index is 0.0193. The van der Waals surface area contributed by atoms with E-state index in [-0.39, 0.29) is 5.91 Å². The Bertz CT molecular complexity index is 385. The molecule has 4 heteroatoms. The van der Waals surface area contributed by atoms with Gasteiger partial charge in [0.25, 0.3) is 5.91 Å². The number of hydrogen-bond donors (Lipinski definition) is 0. The number of methoxy groups -OCH3 is 1. The van der Waals surface area contributed by atoms with Crippen molar-refractivity contribution in [3.8, 4) is 5.88 Å². The number of nitrogens with zero attached hydrogens (tertiary/aromatic N) is 2. The highest BCUT2D eigenvalue weighted by molar-refractivity contribution is 5.92. The van der Waals surface area contributed by atoms with Gasteiger partial charge in [0.15, 0.2) is 0 Å². The standard InChI is InChI=1S/C13H18N2O2/c1-17-12-8-6-7-11(14-12)13(16)15-9-4-2-3-5-10-15/h6-8H,2-5,9-10H2,1H3. The molecule has 1 aromatic rings. The zero-order chi connectivity index (χ0) is 12.1. The van der Waals surface area contributed by atoms with Crippen molar-refractivity contribution in [2.24, 2.45) is 0 Å². The number of pyridine rings is 1. The molecule has 0 saturated carbocycles. The van der Waals surface area contributed by atoms with Crippen molar-refractivity contribution < 1.29 is 9.53 Å². The lowest BCUT2D eigenvalue weighted by molar-refractivity contribution is 0.0755. The first kappa shape index (κ1) is 11.9. The molecule has 1 aromatic heterocycles. The Morgan fingerprint density at radius 1 is 1.24 bits per heavy atom. The second-order valence-corrected chi connectivity index (χ2v) is 4.27. The van der Waals surface area contributed by atoms with Gasteiger partial charge in [-0.15, -0.1) is 0 Å². The molecule has 0 aliphatic carbocycles. The molecule has 0 aromatic carbocycles. The van der Waals surface area contributed by atoms with Crippen LogP contribution in [0.4, 0.5) is 0 Å². The summed E-state index contributed by atoms with van der Waals surface area (Å²) in [5, 5.41) is 0. The van der Waals surface area contributed by atoms with E-state index < -0.39 is 0 Å². The Balaban J connectivity index is 2.11. The van der Waals surface area contributed by atoms with Crippen LogP contribution in [0.5, 0.6) is 5.88 Å². The fourth-order valence-electron chi connectivity index (χ4n) is 2.08. The average molecular weight is 234 g/mol. The van der Waals surface area contributed by atoms with Gasteiger partial charge in [0.2, 0.25) is 5.88 Å². The lowest BCUT2D eigenvalue weighted by atomic mass is 10.2. The molecule has 0 radical (unpaired) electrons. The molecule has 1 saturated heterocycles. The zero-order valence-corrected chi connectivity index (χ0v) is 10.2. The quantitative estimate of drug-likeness (QED) is 0.787. The summed E-state index contributed by atoms with van der Waals surface area (Å²) < 4.78 is 5.04. The van der Waals surface area contributed by atoms with E-state index >= 15 is 0 Å². The van der Waals surface area contributed by atoms with Gasteiger partial charge < -0.3 is 9.64 Å². The van der Waals surface area contributed by atoms with Gasteiger partial charge in [0.05, 0.1) is 7.11 Å². The highest BCUT2D eigenvalue weighted by Crippen LogP contribution is 2.14. The van der Waals surface area contributed by atoms with Crippen LogP contribution in [0.25, 0.3) is 0 Å². The van der Waals surface area contributed by atoms with Crippen molar-refractivity contribution >= 4 is 5.91 Å². The summed E-state index contributed by atoms with van der Waals surface area (Å²) in [5.41, 5.74) is 0.478. The fourth-order valence-corrected chi connectivity index (χ4v) is 2.08. The predicted molar refractivity (Wildman–Crippen MR) is 65.2 cm³/mol. The minimum absolute atomic E-state index is 0.0193. The summed E-state index contributed by atoms with van der Waals surface area (Å²) in [6.07, 6.45) is 4.62. The maximum Gasteiger partial charge on any atom is 0.272 e. The molecule has 2 heterocycles. The van der Waals surface area contributed by atoms with E-state index in [2.05, 4.69) is 4.98 Å².